The third-order valence-corrected chi connectivity index (χ3v) is 4.49. The summed E-state index contributed by atoms with van der Waals surface area (Å²) in [5.41, 5.74) is 1.05. The van der Waals surface area contributed by atoms with Gasteiger partial charge in [-0.2, -0.15) is 0 Å². The van der Waals surface area contributed by atoms with Crippen LogP contribution in [0.1, 0.15) is 20.1 Å². The quantitative estimate of drug-likeness (QED) is 0.758. The third-order valence-electron chi connectivity index (χ3n) is 2.62. The number of nitrogens with zero attached hydrogens (tertiary/aromatic N) is 1. The van der Waals surface area contributed by atoms with E-state index in [1.807, 2.05) is 34.7 Å². The summed E-state index contributed by atoms with van der Waals surface area (Å²) in [5.74, 6) is 0.0933. The molecular formula is C14H15NOS2. The molecule has 0 aliphatic rings. The lowest BCUT2D eigenvalue weighted by Crippen LogP contribution is -2.30. The Hall–Kier alpha value is -1.39. The molecule has 1 amide bonds. The second-order valence-electron chi connectivity index (χ2n) is 3.99. The summed E-state index contributed by atoms with van der Waals surface area (Å²) in [6.07, 6.45) is 1.77. The molecule has 0 saturated heterocycles. The molecule has 0 aliphatic heterocycles. The van der Waals surface area contributed by atoms with Crippen LogP contribution < -0.4 is 0 Å². The molecule has 0 spiro atoms. The third kappa shape index (κ3) is 2.89. The highest BCUT2D eigenvalue weighted by Gasteiger charge is 2.18. The number of hydrogen-bond donors (Lipinski definition) is 0. The first-order chi connectivity index (χ1) is 8.72. The van der Waals surface area contributed by atoms with Crippen molar-refractivity contribution in [2.24, 2.45) is 0 Å². The Morgan fingerprint density at radius 3 is 2.78 bits per heavy atom. The molecule has 0 bridgehead atoms. The van der Waals surface area contributed by atoms with Crippen LogP contribution in [0.15, 0.2) is 41.6 Å². The predicted molar refractivity (Wildman–Crippen MR) is 78.3 cm³/mol. The van der Waals surface area contributed by atoms with Gasteiger partial charge in [0.1, 0.15) is 0 Å². The second-order valence-corrected chi connectivity index (χ2v) is 5.93. The number of amides is 1. The molecule has 2 heterocycles. The molecule has 0 fully saturated rings. The summed E-state index contributed by atoms with van der Waals surface area (Å²) in [7, 11) is 0. The Bertz CT molecular complexity index is 528. The molecule has 0 unspecified atom stereocenters. The molecule has 4 heteroatoms. The van der Waals surface area contributed by atoms with Crippen molar-refractivity contribution in [1.29, 1.82) is 0 Å². The average molecular weight is 277 g/mol. The Morgan fingerprint density at radius 1 is 1.39 bits per heavy atom. The van der Waals surface area contributed by atoms with Crippen LogP contribution in [0.3, 0.4) is 0 Å². The van der Waals surface area contributed by atoms with Crippen LogP contribution in [0.4, 0.5) is 0 Å². The van der Waals surface area contributed by atoms with E-state index in [0.29, 0.717) is 13.1 Å². The van der Waals surface area contributed by atoms with Gasteiger partial charge in [0.25, 0.3) is 5.91 Å². The van der Waals surface area contributed by atoms with E-state index < -0.39 is 0 Å². The standard InChI is InChI=1S/C14H15NOS2/c1-3-7-15(10-12-5-4-8-17-12)14(16)13-11(2)6-9-18-13/h3-6,8-9H,1,7,10H2,2H3. The highest BCUT2D eigenvalue weighted by atomic mass is 32.1. The first-order valence-corrected chi connectivity index (χ1v) is 7.45. The van der Waals surface area contributed by atoms with Crippen LogP contribution in [-0.4, -0.2) is 17.4 Å². The molecule has 2 rings (SSSR count). The van der Waals surface area contributed by atoms with Gasteiger partial charge in [-0.15, -0.1) is 29.3 Å². The van der Waals surface area contributed by atoms with Crippen molar-refractivity contribution in [3.63, 3.8) is 0 Å². The molecule has 0 aliphatic carbocycles. The number of aryl methyl sites for hydroxylation is 1. The lowest BCUT2D eigenvalue weighted by molar-refractivity contribution is 0.0768. The fourth-order valence-electron chi connectivity index (χ4n) is 1.70. The van der Waals surface area contributed by atoms with E-state index in [0.717, 1.165) is 10.4 Å². The summed E-state index contributed by atoms with van der Waals surface area (Å²) in [5, 5.41) is 3.99. The SMILES string of the molecule is C=CCN(Cc1cccs1)C(=O)c1sccc1C. The van der Waals surface area contributed by atoms with Crippen molar-refractivity contribution in [3.8, 4) is 0 Å². The number of thiophene rings is 2. The van der Waals surface area contributed by atoms with Crippen molar-refractivity contribution in [1.82, 2.24) is 4.90 Å². The largest absolute Gasteiger partial charge is 0.329 e. The number of hydrogen-bond acceptors (Lipinski definition) is 3. The van der Waals surface area contributed by atoms with E-state index >= 15 is 0 Å². The van der Waals surface area contributed by atoms with Crippen molar-refractivity contribution in [2.75, 3.05) is 6.54 Å². The van der Waals surface area contributed by atoms with Crippen molar-refractivity contribution >= 4 is 28.6 Å². The molecule has 94 valence electrons. The van der Waals surface area contributed by atoms with Gasteiger partial charge >= 0.3 is 0 Å². The van der Waals surface area contributed by atoms with E-state index in [4.69, 9.17) is 0 Å². The van der Waals surface area contributed by atoms with Crippen molar-refractivity contribution in [3.05, 3.63) is 56.9 Å². The van der Waals surface area contributed by atoms with Gasteiger partial charge < -0.3 is 4.90 Å². The van der Waals surface area contributed by atoms with Gasteiger partial charge in [0.05, 0.1) is 11.4 Å². The van der Waals surface area contributed by atoms with Gasteiger partial charge in [-0.3, -0.25) is 4.79 Å². The molecule has 0 saturated carbocycles. The van der Waals surface area contributed by atoms with E-state index in [1.54, 1.807) is 17.4 Å². The molecule has 0 atom stereocenters. The molecule has 0 N–H and O–H groups in total. The molecule has 0 aromatic carbocycles. The second kappa shape index (κ2) is 5.98. The maximum atomic E-state index is 12.4. The summed E-state index contributed by atoms with van der Waals surface area (Å²) in [6.45, 7) is 6.93. The predicted octanol–water partition coefficient (Wildman–Crippen LogP) is 3.95. The number of carbonyl (C=O) groups excluding carboxylic acids is 1. The fourth-order valence-corrected chi connectivity index (χ4v) is 3.31. The van der Waals surface area contributed by atoms with Crippen LogP contribution >= 0.6 is 22.7 Å². The lowest BCUT2D eigenvalue weighted by atomic mass is 10.2. The Balaban J connectivity index is 2.17. The molecule has 2 aromatic rings. The van der Waals surface area contributed by atoms with Crippen LogP contribution in [0.25, 0.3) is 0 Å². The lowest BCUT2D eigenvalue weighted by Gasteiger charge is -2.20. The molecule has 2 aromatic heterocycles. The van der Waals surface area contributed by atoms with E-state index in [2.05, 4.69) is 12.6 Å². The topological polar surface area (TPSA) is 20.3 Å². The van der Waals surface area contributed by atoms with Crippen LogP contribution in [0.5, 0.6) is 0 Å². The number of rotatable bonds is 5. The zero-order valence-corrected chi connectivity index (χ0v) is 11.9. The van der Waals surface area contributed by atoms with Gasteiger partial charge in [0, 0.05) is 11.4 Å². The Labute approximate surface area is 115 Å². The van der Waals surface area contributed by atoms with Gasteiger partial charge in [0.15, 0.2) is 0 Å². The summed E-state index contributed by atoms with van der Waals surface area (Å²) in [4.78, 5) is 16.3. The Kier molecular flexibility index (Phi) is 4.33. The first-order valence-electron chi connectivity index (χ1n) is 5.69. The Morgan fingerprint density at radius 2 is 2.22 bits per heavy atom. The van der Waals surface area contributed by atoms with Crippen LogP contribution in [0.2, 0.25) is 0 Å². The number of carbonyl (C=O) groups is 1. The summed E-state index contributed by atoms with van der Waals surface area (Å²) in [6, 6.07) is 6.04. The zero-order valence-electron chi connectivity index (χ0n) is 10.3. The summed E-state index contributed by atoms with van der Waals surface area (Å²) < 4.78 is 0. The summed E-state index contributed by atoms with van der Waals surface area (Å²) >= 11 is 3.17. The minimum Gasteiger partial charge on any atom is -0.329 e. The van der Waals surface area contributed by atoms with Crippen LogP contribution in [0, 0.1) is 6.92 Å². The maximum absolute atomic E-state index is 12.4. The average Bonchev–Trinajstić information content (AvgIpc) is 2.99. The molecule has 2 nitrogen and oxygen atoms in total. The molecule has 0 radical (unpaired) electrons. The van der Waals surface area contributed by atoms with Crippen molar-refractivity contribution < 1.29 is 4.79 Å². The fraction of sp³-hybridized carbons (Fsp3) is 0.214. The molecule has 18 heavy (non-hydrogen) atoms. The highest BCUT2D eigenvalue weighted by Crippen LogP contribution is 2.20. The highest BCUT2D eigenvalue weighted by molar-refractivity contribution is 7.12. The van der Waals surface area contributed by atoms with Gasteiger partial charge in [-0.05, 0) is 35.4 Å². The van der Waals surface area contributed by atoms with E-state index in [1.165, 1.54) is 16.2 Å². The monoisotopic (exact) mass is 277 g/mol. The van der Waals surface area contributed by atoms with Gasteiger partial charge in [-0.25, -0.2) is 0 Å². The maximum Gasteiger partial charge on any atom is 0.264 e. The van der Waals surface area contributed by atoms with Gasteiger partial charge in [-0.1, -0.05) is 12.1 Å². The molecular weight excluding hydrogens is 262 g/mol. The zero-order chi connectivity index (χ0) is 13.0. The first kappa shape index (κ1) is 13.1. The minimum atomic E-state index is 0.0933. The van der Waals surface area contributed by atoms with Crippen LogP contribution in [-0.2, 0) is 6.54 Å². The van der Waals surface area contributed by atoms with Gasteiger partial charge in [0.2, 0.25) is 0 Å². The van der Waals surface area contributed by atoms with E-state index in [9.17, 15) is 4.79 Å². The van der Waals surface area contributed by atoms with Crippen molar-refractivity contribution in [2.45, 2.75) is 13.5 Å². The minimum absolute atomic E-state index is 0.0933. The smallest absolute Gasteiger partial charge is 0.264 e. The van der Waals surface area contributed by atoms with E-state index in [-0.39, 0.29) is 5.91 Å². The normalized spacial score (nSPS) is 10.3.